The first kappa shape index (κ1) is 9.32. The number of thioether (sulfide) groups is 1. The smallest absolute Gasteiger partial charge is 0.0914 e. The minimum absolute atomic E-state index is 0.150. The molecule has 1 fully saturated rings. The summed E-state index contributed by atoms with van der Waals surface area (Å²) in [6.45, 7) is 3.15. The molecule has 1 saturated heterocycles. The summed E-state index contributed by atoms with van der Waals surface area (Å²) in [6, 6.07) is 0. The lowest BCUT2D eigenvalue weighted by atomic mass is 10.3. The fourth-order valence-corrected chi connectivity index (χ4v) is 2.11. The summed E-state index contributed by atoms with van der Waals surface area (Å²) < 4.78 is 5.06. The zero-order valence-electron chi connectivity index (χ0n) is 6.56. The van der Waals surface area contributed by atoms with Crippen LogP contribution in [0.25, 0.3) is 0 Å². The first-order valence-electron chi connectivity index (χ1n) is 3.76. The van der Waals surface area contributed by atoms with Gasteiger partial charge in [0.2, 0.25) is 0 Å². The maximum atomic E-state index is 9.31. The summed E-state index contributed by atoms with van der Waals surface area (Å²) in [4.78, 5) is 0. The lowest BCUT2D eigenvalue weighted by molar-refractivity contribution is 0.127. The van der Waals surface area contributed by atoms with Gasteiger partial charge >= 0.3 is 0 Å². The molecular weight excluding hydrogens is 164 g/mol. The van der Waals surface area contributed by atoms with E-state index < -0.39 is 0 Å². The molecule has 0 aliphatic carbocycles. The molecule has 0 amide bonds. The van der Waals surface area contributed by atoms with Crippen LogP contribution in [0.3, 0.4) is 0 Å². The predicted molar refractivity (Wildman–Crippen MR) is 44.8 cm³/mol. The van der Waals surface area contributed by atoms with Gasteiger partial charge < -0.3 is 14.9 Å². The van der Waals surface area contributed by atoms with Crippen molar-refractivity contribution in [3.63, 3.8) is 0 Å². The van der Waals surface area contributed by atoms with Gasteiger partial charge in [0.1, 0.15) is 0 Å². The van der Waals surface area contributed by atoms with E-state index in [1.807, 2.05) is 6.92 Å². The second-order valence-corrected chi connectivity index (χ2v) is 4.45. The van der Waals surface area contributed by atoms with Crippen LogP contribution in [-0.4, -0.2) is 46.6 Å². The van der Waals surface area contributed by atoms with Gasteiger partial charge in [-0.25, -0.2) is 0 Å². The van der Waals surface area contributed by atoms with Gasteiger partial charge in [0.05, 0.1) is 31.2 Å². The summed E-state index contributed by atoms with van der Waals surface area (Å²) in [6.07, 6.45) is -0.353. The Bertz CT molecular complexity index is 120. The van der Waals surface area contributed by atoms with E-state index in [1.54, 1.807) is 11.8 Å². The molecule has 0 bridgehead atoms. The fraction of sp³-hybridized carbons (Fsp3) is 1.00. The Hall–Kier alpha value is 0.230. The molecule has 3 unspecified atom stereocenters. The summed E-state index contributed by atoms with van der Waals surface area (Å²) in [5, 5.41) is 18.4. The average Bonchev–Trinajstić information content (AvgIpc) is 2.37. The Labute approximate surface area is 70.7 Å². The number of hydrogen-bond donors (Lipinski definition) is 2. The fourth-order valence-electron chi connectivity index (χ4n) is 0.995. The van der Waals surface area contributed by atoms with E-state index in [-0.39, 0.29) is 23.2 Å². The van der Waals surface area contributed by atoms with Crippen LogP contribution in [0.4, 0.5) is 0 Å². The largest absolute Gasteiger partial charge is 0.395 e. The predicted octanol–water partition coefficient (Wildman–Crippen LogP) is -0.140. The van der Waals surface area contributed by atoms with Crippen molar-refractivity contribution in [1.82, 2.24) is 0 Å². The summed E-state index contributed by atoms with van der Waals surface area (Å²) >= 11 is 1.59. The summed E-state index contributed by atoms with van der Waals surface area (Å²) in [5.41, 5.74) is 0. The topological polar surface area (TPSA) is 49.7 Å². The van der Waals surface area contributed by atoms with Crippen molar-refractivity contribution < 1.29 is 14.9 Å². The number of aliphatic hydroxyl groups is 2. The van der Waals surface area contributed by atoms with Crippen LogP contribution in [0.15, 0.2) is 0 Å². The molecule has 0 saturated carbocycles. The molecule has 66 valence electrons. The second-order valence-electron chi connectivity index (χ2n) is 2.77. The molecule has 3 atom stereocenters. The lowest BCUT2D eigenvalue weighted by Gasteiger charge is -2.15. The van der Waals surface area contributed by atoms with Gasteiger partial charge in [0.25, 0.3) is 0 Å². The van der Waals surface area contributed by atoms with E-state index >= 15 is 0 Å². The van der Waals surface area contributed by atoms with Crippen LogP contribution < -0.4 is 0 Å². The molecule has 1 aliphatic heterocycles. The van der Waals surface area contributed by atoms with E-state index in [4.69, 9.17) is 9.84 Å². The first-order chi connectivity index (χ1) is 5.24. The molecule has 0 aromatic heterocycles. The average molecular weight is 178 g/mol. The van der Waals surface area contributed by atoms with Gasteiger partial charge in [-0.2, -0.15) is 0 Å². The molecule has 3 nitrogen and oxygen atoms in total. The molecule has 0 spiro atoms. The highest BCUT2D eigenvalue weighted by Gasteiger charge is 2.27. The van der Waals surface area contributed by atoms with E-state index in [0.717, 1.165) is 0 Å². The van der Waals surface area contributed by atoms with Crippen molar-refractivity contribution in [1.29, 1.82) is 0 Å². The van der Waals surface area contributed by atoms with E-state index in [0.29, 0.717) is 13.2 Å². The van der Waals surface area contributed by atoms with Crippen molar-refractivity contribution >= 4 is 11.8 Å². The Balaban J connectivity index is 2.24. The highest BCUT2D eigenvalue weighted by Crippen LogP contribution is 2.24. The zero-order valence-corrected chi connectivity index (χ0v) is 7.38. The highest BCUT2D eigenvalue weighted by atomic mass is 32.2. The third-order valence-electron chi connectivity index (χ3n) is 1.66. The van der Waals surface area contributed by atoms with Crippen LogP contribution in [0.5, 0.6) is 0 Å². The van der Waals surface area contributed by atoms with Crippen molar-refractivity contribution in [2.45, 2.75) is 23.5 Å². The van der Waals surface area contributed by atoms with Crippen LogP contribution in [0, 0.1) is 0 Å². The molecular formula is C7H14O3S. The number of rotatable bonds is 3. The molecule has 11 heavy (non-hydrogen) atoms. The lowest BCUT2D eigenvalue weighted by Crippen LogP contribution is -2.23. The third-order valence-corrected chi connectivity index (χ3v) is 3.08. The van der Waals surface area contributed by atoms with Gasteiger partial charge in [-0.05, 0) is 0 Å². The molecule has 4 heteroatoms. The minimum atomic E-state index is -0.353. The van der Waals surface area contributed by atoms with E-state index in [2.05, 4.69) is 0 Å². The molecule has 1 rings (SSSR count). The van der Waals surface area contributed by atoms with Gasteiger partial charge in [-0.15, -0.1) is 11.8 Å². The van der Waals surface area contributed by atoms with Gasteiger partial charge in [0, 0.05) is 5.25 Å². The highest BCUT2D eigenvalue weighted by molar-refractivity contribution is 8.00. The Kier molecular flexibility index (Phi) is 3.65. The third kappa shape index (κ3) is 2.63. The summed E-state index contributed by atoms with van der Waals surface area (Å²) in [7, 11) is 0. The Morgan fingerprint density at radius 1 is 1.64 bits per heavy atom. The number of ether oxygens (including phenoxy) is 1. The molecule has 0 aromatic carbocycles. The monoisotopic (exact) mass is 178 g/mol. The van der Waals surface area contributed by atoms with Crippen molar-refractivity contribution in [3.05, 3.63) is 0 Å². The Morgan fingerprint density at radius 2 is 2.36 bits per heavy atom. The maximum Gasteiger partial charge on any atom is 0.0914 e. The first-order valence-corrected chi connectivity index (χ1v) is 4.70. The SMILES string of the molecule is CC(CO)SC1COCC1O. The number of hydrogen-bond acceptors (Lipinski definition) is 4. The van der Waals surface area contributed by atoms with Crippen molar-refractivity contribution in [3.8, 4) is 0 Å². The van der Waals surface area contributed by atoms with Crippen LogP contribution >= 0.6 is 11.8 Å². The zero-order chi connectivity index (χ0) is 8.27. The normalized spacial score (nSPS) is 34.1. The van der Waals surface area contributed by atoms with Crippen LogP contribution in [-0.2, 0) is 4.74 Å². The molecule has 0 aromatic rings. The van der Waals surface area contributed by atoms with Crippen LogP contribution in [0.2, 0.25) is 0 Å². The van der Waals surface area contributed by atoms with Crippen LogP contribution in [0.1, 0.15) is 6.92 Å². The quantitative estimate of drug-likeness (QED) is 0.631. The Morgan fingerprint density at radius 3 is 2.82 bits per heavy atom. The second kappa shape index (κ2) is 4.30. The molecule has 2 N–H and O–H groups in total. The van der Waals surface area contributed by atoms with Gasteiger partial charge in [-0.3, -0.25) is 0 Å². The molecule has 1 heterocycles. The van der Waals surface area contributed by atoms with Crippen molar-refractivity contribution in [2.24, 2.45) is 0 Å². The van der Waals surface area contributed by atoms with E-state index in [9.17, 15) is 5.11 Å². The standard InChI is InChI=1S/C7H14O3S/c1-5(2-8)11-7-4-10-3-6(7)9/h5-9H,2-4H2,1H3. The van der Waals surface area contributed by atoms with Gasteiger partial charge in [0.15, 0.2) is 0 Å². The molecule has 1 aliphatic rings. The summed E-state index contributed by atoms with van der Waals surface area (Å²) in [5.74, 6) is 0. The molecule has 0 radical (unpaired) electrons. The minimum Gasteiger partial charge on any atom is -0.395 e. The number of aliphatic hydroxyl groups excluding tert-OH is 2. The van der Waals surface area contributed by atoms with Gasteiger partial charge in [-0.1, -0.05) is 6.92 Å². The maximum absolute atomic E-state index is 9.31. The van der Waals surface area contributed by atoms with E-state index in [1.165, 1.54) is 0 Å². The van der Waals surface area contributed by atoms with Crippen molar-refractivity contribution in [2.75, 3.05) is 19.8 Å².